The highest BCUT2D eigenvalue weighted by Crippen LogP contribution is 2.12. The van der Waals surface area contributed by atoms with E-state index >= 15 is 0 Å². The molecule has 6 nitrogen and oxygen atoms in total. The summed E-state index contributed by atoms with van der Waals surface area (Å²) >= 11 is 0. The van der Waals surface area contributed by atoms with Crippen LogP contribution in [0.2, 0.25) is 0 Å². The van der Waals surface area contributed by atoms with E-state index in [2.05, 4.69) is 0 Å². The van der Waals surface area contributed by atoms with Gasteiger partial charge in [0.05, 0.1) is 23.2 Å². The SMILES string of the molecule is CC(O)CCCCOC(=O)c1ccc([N+](=O)[O-])cc1. The van der Waals surface area contributed by atoms with Gasteiger partial charge in [-0.05, 0) is 38.3 Å². The lowest BCUT2D eigenvalue weighted by Gasteiger charge is -2.05. The lowest BCUT2D eigenvalue weighted by Crippen LogP contribution is -2.07. The smallest absolute Gasteiger partial charge is 0.338 e. The first-order chi connectivity index (χ1) is 9.00. The molecule has 6 heteroatoms. The Balaban J connectivity index is 2.35. The van der Waals surface area contributed by atoms with Crippen molar-refractivity contribution in [2.24, 2.45) is 0 Å². The molecule has 104 valence electrons. The van der Waals surface area contributed by atoms with E-state index in [1.807, 2.05) is 0 Å². The summed E-state index contributed by atoms with van der Waals surface area (Å²) in [6.45, 7) is 1.99. The number of unbranched alkanes of at least 4 members (excludes halogenated alkanes) is 1. The van der Waals surface area contributed by atoms with Crippen LogP contribution >= 0.6 is 0 Å². The van der Waals surface area contributed by atoms with E-state index in [0.717, 1.165) is 6.42 Å². The molecule has 0 aliphatic carbocycles. The number of carbonyl (C=O) groups excluding carboxylic acids is 1. The molecule has 1 atom stereocenters. The van der Waals surface area contributed by atoms with Gasteiger partial charge >= 0.3 is 5.97 Å². The molecule has 0 fully saturated rings. The molecular weight excluding hydrogens is 250 g/mol. The van der Waals surface area contributed by atoms with Crippen molar-refractivity contribution < 1.29 is 19.6 Å². The monoisotopic (exact) mass is 267 g/mol. The predicted octanol–water partition coefficient (Wildman–Crippen LogP) is 2.30. The zero-order valence-corrected chi connectivity index (χ0v) is 10.7. The molecule has 1 aromatic carbocycles. The van der Waals surface area contributed by atoms with Crippen LogP contribution in [-0.2, 0) is 4.74 Å². The summed E-state index contributed by atoms with van der Waals surface area (Å²) in [5, 5.41) is 19.5. The summed E-state index contributed by atoms with van der Waals surface area (Å²) in [5.74, 6) is -0.494. The van der Waals surface area contributed by atoms with E-state index in [1.54, 1.807) is 6.92 Å². The van der Waals surface area contributed by atoms with Crippen LogP contribution in [0.5, 0.6) is 0 Å². The number of non-ortho nitro benzene ring substituents is 1. The summed E-state index contributed by atoms with van der Waals surface area (Å²) in [6, 6.07) is 5.28. The average molecular weight is 267 g/mol. The second kappa shape index (κ2) is 7.48. The molecule has 0 bridgehead atoms. The molecule has 0 amide bonds. The lowest BCUT2D eigenvalue weighted by molar-refractivity contribution is -0.384. The molecule has 1 rings (SSSR count). The molecule has 0 radical (unpaired) electrons. The Morgan fingerprint density at radius 2 is 2.00 bits per heavy atom. The van der Waals surface area contributed by atoms with Gasteiger partial charge < -0.3 is 9.84 Å². The number of benzene rings is 1. The zero-order valence-electron chi connectivity index (χ0n) is 10.7. The first-order valence-corrected chi connectivity index (χ1v) is 6.10. The highest BCUT2D eigenvalue weighted by molar-refractivity contribution is 5.89. The van der Waals surface area contributed by atoms with E-state index in [-0.39, 0.29) is 18.4 Å². The zero-order chi connectivity index (χ0) is 14.3. The molecule has 0 aliphatic rings. The molecular formula is C13H17NO5. The maximum atomic E-state index is 11.6. The Morgan fingerprint density at radius 3 is 2.53 bits per heavy atom. The normalized spacial score (nSPS) is 11.9. The van der Waals surface area contributed by atoms with Gasteiger partial charge in [-0.2, -0.15) is 0 Å². The topological polar surface area (TPSA) is 89.7 Å². The van der Waals surface area contributed by atoms with Gasteiger partial charge in [0.25, 0.3) is 5.69 Å². The molecule has 0 spiro atoms. The fraction of sp³-hybridized carbons (Fsp3) is 0.462. The number of rotatable bonds is 7. The van der Waals surface area contributed by atoms with Crippen LogP contribution < -0.4 is 0 Å². The Kier molecular flexibility index (Phi) is 5.95. The standard InChI is InChI=1S/C13H17NO5/c1-10(15)4-2-3-9-19-13(16)11-5-7-12(8-6-11)14(17)18/h5-8,10,15H,2-4,9H2,1H3. The molecule has 1 aromatic rings. The molecule has 19 heavy (non-hydrogen) atoms. The number of aliphatic hydroxyl groups excluding tert-OH is 1. The first kappa shape index (κ1) is 15.1. The minimum atomic E-state index is -0.523. The Bertz CT molecular complexity index is 427. The number of nitrogens with zero attached hydrogens (tertiary/aromatic N) is 1. The van der Waals surface area contributed by atoms with Crippen LogP contribution in [0.1, 0.15) is 36.5 Å². The van der Waals surface area contributed by atoms with Crippen LogP contribution in [0.3, 0.4) is 0 Å². The first-order valence-electron chi connectivity index (χ1n) is 6.10. The fourth-order valence-corrected chi connectivity index (χ4v) is 1.51. The van der Waals surface area contributed by atoms with Crippen molar-refractivity contribution in [2.75, 3.05) is 6.61 Å². The van der Waals surface area contributed by atoms with E-state index in [9.17, 15) is 14.9 Å². The van der Waals surface area contributed by atoms with Gasteiger partial charge in [-0.15, -0.1) is 0 Å². The second-order valence-electron chi connectivity index (χ2n) is 4.28. The van der Waals surface area contributed by atoms with Crippen LogP contribution in [0, 0.1) is 10.1 Å². The van der Waals surface area contributed by atoms with E-state index in [4.69, 9.17) is 9.84 Å². The largest absolute Gasteiger partial charge is 0.462 e. The van der Waals surface area contributed by atoms with Crippen molar-refractivity contribution in [3.63, 3.8) is 0 Å². The van der Waals surface area contributed by atoms with Crippen molar-refractivity contribution in [1.82, 2.24) is 0 Å². The van der Waals surface area contributed by atoms with Crippen molar-refractivity contribution in [1.29, 1.82) is 0 Å². The number of nitro benzene ring substituents is 1. The Hall–Kier alpha value is -1.95. The molecule has 0 aromatic heterocycles. The van der Waals surface area contributed by atoms with Crippen molar-refractivity contribution >= 4 is 11.7 Å². The van der Waals surface area contributed by atoms with Gasteiger partial charge in [0, 0.05) is 12.1 Å². The Morgan fingerprint density at radius 1 is 1.37 bits per heavy atom. The maximum Gasteiger partial charge on any atom is 0.338 e. The summed E-state index contributed by atoms with van der Waals surface area (Å²) in [6.07, 6.45) is 1.80. The van der Waals surface area contributed by atoms with Crippen LogP contribution in [-0.4, -0.2) is 28.7 Å². The highest BCUT2D eigenvalue weighted by Gasteiger charge is 2.10. The predicted molar refractivity (Wildman–Crippen MR) is 68.9 cm³/mol. The van der Waals surface area contributed by atoms with Gasteiger partial charge in [0.15, 0.2) is 0 Å². The maximum absolute atomic E-state index is 11.6. The van der Waals surface area contributed by atoms with Crippen LogP contribution in [0.25, 0.3) is 0 Å². The van der Waals surface area contributed by atoms with Crippen LogP contribution in [0.15, 0.2) is 24.3 Å². The highest BCUT2D eigenvalue weighted by atomic mass is 16.6. The number of esters is 1. The molecule has 0 heterocycles. The quantitative estimate of drug-likeness (QED) is 0.354. The second-order valence-corrected chi connectivity index (χ2v) is 4.28. The third-order valence-electron chi connectivity index (χ3n) is 2.56. The average Bonchev–Trinajstić information content (AvgIpc) is 2.37. The molecule has 0 aliphatic heterocycles. The molecule has 0 saturated heterocycles. The van der Waals surface area contributed by atoms with Gasteiger partial charge in [0.2, 0.25) is 0 Å². The third-order valence-corrected chi connectivity index (χ3v) is 2.56. The molecule has 1 N–H and O–H groups in total. The number of ether oxygens (including phenoxy) is 1. The van der Waals surface area contributed by atoms with Gasteiger partial charge in [0.1, 0.15) is 0 Å². The summed E-state index contributed by atoms with van der Waals surface area (Å²) < 4.78 is 5.02. The van der Waals surface area contributed by atoms with E-state index < -0.39 is 10.9 Å². The lowest BCUT2D eigenvalue weighted by atomic mass is 10.2. The minimum absolute atomic E-state index is 0.0616. The molecule has 0 saturated carbocycles. The van der Waals surface area contributed by atoms with Crippen LogP contribution in [0.4, 0.5) is 5.69 Å². The Labute approximate surface area is 111 Å². The number of carbonyl (C=O) groups is 1. The van der Waals surface area contributed by atoms with Gasteiger partial charge in [-0.25, -0.2) is 4.79 Å². The number of hydrogen-bond acceptors (Lipinski definition) is 5. The molecule has 1 unspecified atom stereocenters. The number of nitro groups is 1. The summed E-state index contributed by atoms with van der Waals surface area (Å²) in [4.78, 5) is 21.5. The summed E-state index contributed by atoms with van der Waals surface area (Å²) in [7, 11) is 0. The van der Waals surface area contributed by atoms with E-state index in [0.29, 0.717) is 18.4 Å². The van der Waals surface area contributed by atoms with Crippen molar-refractivity contribution in [3.8, 4) is 0 Å². The van der Waals surface area contributed by atoms with Gasteiger partial charge in [-0.3, -0.25) is 10.1 Å². The fourth-order valence-electron chi connectivity index (χ4n) is 1.51. The minimum Gasteiger partial charge on any atom is -0.462 e. The third kappa shape index (κ3) is 5.48. The van der Waals surface area contributed by atoms with Crippen molar-refractivity contribution in [2.45, 2.75) is 32.3 Å². The summed E-state index contributed by atoms with van der Waals surface area (Å²) in [5.41, 5.74) is 0.231. The number of hydrogen-bond donors (Lipinski definition) is 1. The van der Waals surface area contributed by atoms with E-state index in [1.165, 1.54) is 24.3 Å². The van der Waals surface area contributed by atoms with Gasteiger partial charge in [-0.1, -0.05) is 0 Å². The number of aliphatic hydroxyl groups is 1. The van der Waals surface area contributed by atoms with Crippen molar-refractivity contribution in [3.05, 3.63) is 39.9 Å².